The van der Waals surface area contributed by atoms with Crippen LogP contribution in [0.15, 0.2) is 85.2 Å². The van der Waals surface area contributed by atoms with Crippen LogP contribution in [0, 0.1) is 11.8 Å². The van der Waals surface area contributed by atoms with E-state index in [-0.39, 0.29) is 58.4 Å². The Kier molecular flexibility index (Phi) is 23.1. The molecule has 4 saturated heterocycles. The van der Waals surface area contributed by atoms with Crippen molar-refractivity contribution in [3.8, 4) is 56.8 Å². The molecule has 12 heterocycles. The minimum Gasteiger partial charge on any atom is -0.481 e. The Hall–Kier alpha value is -9.12. The molecule has 0 radical (unpaired) electrons. The highest BCUT2D eigenvalue weighted by atomic mass is 35.5. The summed E-state index contributed by atoms with van der Waals surface area (Å²) in [6, 6.07) is 22.6. The number of aromatic nitrogens is 8. The molecular formula is C76H84Cl4N16O10. The van der Waals surface area contributed by atoms with Gasteiger partial charge in [-0.05, 0) is 73.9 Å². The first-order chi connectivity index (χ1) is 51.0. The summed E-state index contributed by atoms with van der Waals surface area (Å²) in [5.74, 6) is -0.221. The van der Waals surface area contributed by atoms with E-state index in [2.05, 4.69) is 40.2 Å². The van der Waals surface area contributed by atoms with Crippen molar-refractivity contribution in [3.63, 3.8) is 0 Å². The van der Waals surface area contributed by atoms with E-state index in [1.807, 2.05) is 57.3 Å². The number of piperidine rings is 2. The number of carbonyl (C=O) groups is 6. The van der Waals surface area contributed by atoms with E-state index in [1.54, 1.807) is 89.0 Å². The zero-order valence-corrected chi connectivity index (χ0v) is 62.9. The number of hydrogen-bond acceptors (Lipinski definition) is 18. The summed E-state index contributed by atoms with van der Waals surface area (Å²) < 4.78 is 15.0. The molecule has 0 atom stereocenters. The first kappa shape index (κ1) is 75.1. The highest BCUT2D eigenvalue weighted by Crippen LogP contribution is 2.43. The van der Waals surface area contributed by atoms with Crippen LogP contribution in [-0.4, -0.2) is 206 Å². The number of carbonyl (C=O) groups excluding carboxylic acids is 4. The summed E-state index contributed by atoms with van der Waals surface area (Å²) in [5, 5.41) is 25.3. The molecule has 4 N–H and O–H groups in total. The fourth-order valence-corrected chi connectivity index (χ4v) is 16.7. The second-order valence-electron chi connectivity index (χ2n) is 28.0. The molecule has 0 saturated carbocycles. The number of benzene rings is 2. The third-order valence-corrected chi connectivity index (χ3v) is 22.8. The van der Waals surface area contributed by atoms with E-state index < -0.39 is 11.9 Å². The van der Waals surface area contributed by atoms with Crippen molar-refractivity contribution < 1.29 is 48.5 Å². The number of pyridine rings is 4. The van der Waals surface area contributed by atoms with Gasteiger partial charge >= 0.3 is 11.9 Å². The Balaban J connectivity index is 0.000000188. The van der Waals surface area contributed by atoms with Crippen LogP contribution in [0.1, 0.15) is 108 Å². The maximum absolute atomic E-state index is 13.7. The topological polar surface area (TPSA) is 292 Å². The SMILES string of the molecule is COc1nc(-c2ccnc(-c3cccc(NC(=O)c4nc5c(n4C)CCN(C4CCN(C(C)=O)CC4)C5)c3Cl)c2Cl)ccc1CN1CC(CC(=O)O)C1.COc1nc(-c2ccnc(-c3cccc(NC(=O)c4nc5c(n4C)CCN(C4CCN(C(C)=O)CC4)C5)c3Cl)c2Cl)ccc1CN1CC(CC(=O)O)C1. The molecule has 4 fully saturated rings. The van der Waals surface area contributed by atoms with Crippen molar-refractivity contribution in [3.05, 3.63) is 151 Å². The van der Waals surface area contributed by atoms with Crippen LogP contribution in [0.25, 0.3) is 45.0 Å². The van der Waals surface area contributed by atoms with Crippen molar-refractivity contribution in [2.75, 3.05) is 90.3 Å². The molecule has 30 heteroatoms. The number of anilines is 2. The summed E-state index contributed by atoms with van der Waals surface area (Å²) in [6.45, 7) is 13.4. The molecule has 14 rings (SSSR count). The number of ether oxygens (including phenoxy) is 2. The number of hydrogen-bond donors (Lipinski definition) is 4. The van der Waals surface area contributed by atoms with Gasteiger partial charge in [0.05, 0.1) is 92.7 Å². The molecule has 0 aliphatic carbocycles. The first-order valence-electron chi connectivity index (χ1n) is 35.5. The van der Waals surface area contributed by atoms with Gasteiger partial charge in [-0.2, -0.15) is 0 Å². The standard InChI is InChI=1S/2C38H42Cl2N8O5/c2*1-22(49)47-14-10-25(11-15-47)48-16-12-31-30(21-48)42-36(45(31)2)37(52)43-29-6-4-5-27(33(29)39)35-34(40)26(9-13-41-35)28-8-7-24(38(44-28)53-3)20-46-18-23(19-46)17-32(50)51/h2*4-9,13,23,25H,10-12,14-21H2,1-3H3,(H,43,52)(H,50,51). The number of nitrogens with zero attached hydrogens (tertiary/aromatic N) is 14. The van der Waals surface area contributed by atoms with Crippen LogP contribution < -0.4 is 20.1 Å². The number of carboxylic acids is 2. The highest BCUT2D eigenvalue weighted by Gasteiger charge is 2.36. The van der Waals surface area contributed by atoms with E-state index >= 15 is 0 Å². The third kappa shape index (κ3) is 16.2. The maximum atomic E-state index is 13.7. The van der Waals surface area contributed by atoms with Crippen LogP contribution in [0.4, 0.5) is 11.4 Å². The first-order valence-corrected chi connectivity index (χ1v) is 37.1. The van der Waals surface area contributed by atoms with Gasteiger partial charge in [0.15, 0.2) is 11.6 Å². The van der Waals surface area contributed by atoms with Crippen LogP contribution in [0.2, 0.25) is 20.1 Å². The minimum absolute atomic E-state index is 0.123. The van der Waals surface area contributed by atoms with Crippen molar-refractivity contribution in [1.29, 1.82) is 0 Å². The Bertz CT molecular complexity index is 4410. The number of imidazole rings is 2. The molecule has 0 bridgehead atoms. The van der Waals surface area contributed by atoms with Gasteiger partial charge in [0, 0.05) is 202 Å². The number of methoxy groups -OCH3 is 2. The molecule has 8 aromatic rings. The Morgan fingerprint density at radius 1 is 0.500 bits per heavy atom. The van der Waals surface area contributed by atoms with Crippen molar-refractivity contribution >= 4 is 93.3 Å². The van der Waals surface area contributed by atoms with E-state index in [9.17, 15) is 28.8 Å². The monoisotopic (exact) mass is 1520 g/mol. The van der Waals surface area contributed by atoms with Gasteiger partial charge in [-0.3, -0.25) is 58.3 Å². The average Bonchev–Trinajstić information content (AvgIpc) is 1.43. The minimum atomic E-state index is -0.778. The molecule has 0 spiro atoms. The second kappa shape index (κ2) is 32.5. The second-order valence-corrected chi connectivity index (χ2v) is 29.5. The average molecular weight is 1520 g/mol. The maximum Gasteiger partial charge on any atom is 0.303 e. The fraction of sp³-hybridized carbons (Fsp3) is 0.421. The predicted molar refractivity (Wildman–Crippen MR) is 402 cm³/mol. The summed E-state index contributed by atoms with van der Waals surface area (Å²) in [4.78, 5) is 114. The van der Waals surface area contributed by atoms with Crippen molar-refractivity contribution in [2.45, 2.75) is 103 Å². The van der Waals surface area contributed by atoms with Gasteiger partial charge in [0.2, 0.25) is 23.6 Å². The lowest BCUT2D eigenvalue weighted by atomic mass is 9.96. The molecule has 6 aliphatic heterocycles. The van der Waals surface area contributed by atoms with Crippen LogP contribution in [-0.2, 0) is 72.3 Å². The fourth-order valence-electron chi connectivity index (χ4n) is 15.5. The van der Waals surface area contributed by atoms with Gasteiger partial charge in [-0.15, -0.1) is 0 Å². The highest BCUT2D eigenvalue weighted by molar-refractivity contribution is 6.40. The predicted octanol–water partition coefficient (Wildman–Crippen LogP) is 10.8. The lowest BCUT2D eigenvalue weighted by Crippen LogP contribution is -2.47. The number of rotatable bonds is 20. The number of nitrogens with one attached hydrogen (secondary N) is 2. The Labute approximate surface area is 633 Å². The summed E-state index contributed by atoms with van der Waals surface area (Å²) in [6.07, 6.45) is 8.91. The van der Waals surface area contributed by atoms with E-state index in [1.165, 1.54) is 0 Å². The van der Waals surface area contributed by atoms with E-state index in [0.29, 0.717) is 154 Å². The molecule has 6 aliphatic rings. The Morgan fingerprint density at radius 3 is 1.25 bits per heavy atom. The number of carboxylic acid groups (broad SMARTS) is 2. The van der Waals surface area contributed by atoms with Crippen LogP contribution in [0.3, 0.4) is 0 Å². The number of amides is 4. The van der Waals surface area contributed by atoms with Crippen molar-refractivity contribution in [2.24, 2.45) is 25.9 Å². The molecule has 4 amide bonds. The molecule has 0 unspecified atom stereocenters. The third-order valence-electron chi connectivity index (χ3n) is 21.2. The molecule has 26 nitrogen and oxygen atoms in total. The molecule has 2 aromatic carbocycles. The van der Waals surface area contributed by atoms with Gasteiger partial charge in [0.25, 0.3) is 11.8 Å². The molecular weight excluding hydrogens is 1440 g/mol. The number of fused-ring (bicyclic) bond motifs is 2. The van der Waals surface area contributed by atoms with Gasteiger partial charge < -0.3 is 49.3 Å². The lowest BCUT2D eigenvalue weighted by Gasteiger charge is -2.39. The zero-order valence-electron chi connectivity index (χ0n) is 59.9. The summed E-state index contributed by atoms with van der Waals surface area (Å²) in [7, 11) is 6.87. The zero-order chi connectivity index (χ0) is 74.8. The van der Waals surface area contributed by atoms with E-state index in [0.717, 1.165) is 112 Å². The largest absolute Gasteiger partial charge is 0.481 e. The summed E-state index contributed by atoms with van der Waals surface area (Å²) in [5.41, 5.74) is 10.9. The summed E-state index contributed by atoms with van der Waals surface area (Å²) >= 11 is 27.9. The number of likely N-dealkylation sites (tertiary alicyclic amines) is 4. The Morgan fingerprint density at radius 2 is 0.887 bits per heavy atom. The van der Waals surface area contributed by atoms with Crippen molar-refractivity contribution in [1.82, 2.24) is 68.4 Å². The van der Waals surface area contributed by atoms with Crippen LogP contribution in [0.5, 0.6) is 11.8 Å². The molecule has 106 heavy (non-hydrogen) atoms. The normalized spacial score (nSPS) is 17.0. The van der Waals surface area contributed by atoms with Gasteiger partial charge in [-0.25, -0.2) is 19.9 Å². The van der Waals surface area contributed by atoms with Gasteiger partial charge in [0.1, 0.15) is 0 Å². The molecule has 556 valence electrons. The molecule has 6 aromatic heterocycles. The number of aliphatic carboxylic acids is 2. The lowest BCUT2D eigenvalue weighted by molar-refractivity contribution is -0.140. The quantitative estimate of drug-likeness (QED) is 0.0551. The smallest absolute Gasteiger partial charge is 0.303 e. The van der Waals surface area contributed by atoms with Crippen LogP contribution >= 0.6 is 46.4 Å². The van der Waals surface area contributed by atoms with Gasteiger partial charge in [-0.1, -0.05) is 82.8 Å². The van der Waals surface area contributed by atoms with E-state index in [4.69, 9.17) is 86.0 Å². The number of halogens is 4.